The highest BCUT2D eigenvalue weighted by atomic mass is 32.1. The standard InChI is InChI=1S/C13H16N2OS/c1-13(2)8-16-10(7-14-13)12-15-9-5-3-4-6-11(9)17-12/h3-6,10,14H,7-8H2,1-2H3. The summed E-state index contributed by atoms with van der Waals surface area (Å²) in [6, 6.07) is 8.23. The van der Waals surface area contributed by atoms with E-state index in [9.17, 15) is 0 Å². The first-order valence-corrected chi connectivity index (χ1v) is 6.68. The Hall–Kier alpha value is -0.970. The molecule has 3 nitrogen and oxygen atoms in total. The molecule has 0 aliphatic carbocycles. The maximum absolute atomic E-state index is 5.89. The normalized spacial score (nSPS) is 24.0. The van der Waals surface area contributed by atoms with E-state index in [1.54, 1.807) is 11.3 Å². The Bertz CT molecular complexity index is 492. The molecule has 2 aromatic rings. The van der Waals surface area contributed by atoms with Crippen molar-refractivity contribution in [1.29, 1.82) is 0 Å². The molecule has 17 heavy (non-hydrogen) atoms. The van der Waals surface area contributed by atoms with Gasteiger partial charge in [-0.1, -0.05) is 12.1 Å². The number of hydrogen-bond acceptors (Lipinski definition) is 4. The lowest BCUT2D eigenvalue weighted by molar-refractivity contribution is -0.0228. The van der Waals surface area contributed by atoms with Crippen molar-refractivity contribution in [2.75, 3.05) is 13.2 Å². The highest BCUT2D eigenvalue weighted by Gasteiger charge is 2.29. The van der Waals surface area contributed by atoms with Crippen molar-refractivity contribution >= 4 is 21.6 Å². The van der Waals surface area contributed by atoms with Crippen LogP contribution >= 0.6 is 11.3 Å². The summed E-state index contributed by atoms with van der Waals surface area (Å²) in [5.74, 6) is 0. The summed E-state index contributed by atoms with van der Waals surface area (Å²) in [6.45, 7) is 5.88. The van der Waals surface area contributed by atoms with Crippen LogP contribution in [0.1, 0.15) is 25.0 Å². The molecule has 90 valence electrons. The molecule has 0 radical (unpaired) electrons. The Morgan fingerprint density at radius 1 is 1.41 bits per heavy atom. The molecule has 1 aromatic heterocycles. The Morgan fingerprint density at radius 2 is 2.24 bits per heavy atom. The van der Waals surface area contributed by atoms with Crippen LogP contribution in [-0.2, 0) is 4.74 Å². The molecule has 4 heteroatoms. The van der Waals surface area contributed by atoms with Crippen LogP contribution in [0.4, 0.5) is 0 Å². The summed E-state index contributed by atoms with van der Waals surface area (Å²) in [5, 5.41) is 4.57. The van der Waals surface area contributed by atoms with Gasteiger partial charge in [0.05, 0.1) is 16.8 Å². The molecule has 1 aliphatic rings. The first-order valence-electron chi connectivity index (χ1n) is 5.86. The molecule has 0 spiro atoms. The topological polar surface area (TPSA) is 34.1 Å². The number of aromatic nitrogens is 1. The molecule has 1 atom stereocenters. The quantitative estimate of drug-likeness (QED) is 0.842. The minimum absolute atomic E-state index is 0.0766. The van der Waals surface area contributed by atoms with Crippen LogP contribution in [0.15, 0.2) is 24.3 Å². The Kier molecular flexibility index (Phi) is 2.65. The number of ether oxygens (including phenoxy) is 1. The SMILES string of the molecule is CC1(C)COC(c2nc3ccccc3s2)CN1. The van der Waals surface area contributed by atoms with Gasteiger partial charge in [-0.05, 0) is 26.0 Å². The Balaban J connectivity index is 1.85. The lowest BCUT2D eigenvalue weighted by Crippen LogP contribution is -2.50. The summed E-state index contributed by atoms with van der Waals surface area (Å²) in [7, 11) is 0. The summed E-state index contributed by atoms with van der Waals surface area (Å²) >= 11 is 1.73. The third kappa shape index (κ3) is 2.20. The van der Waals surface area contributed by atoms with E-state index in [0.29, 0.717) is 0 Å². The maximum Gasteiger partial charge on any atom is 0.124 e. The van der Waals surface area contributed by atoms with Crippen LogP contribution in [0.3, 0.4) is 0 Å². The molecular formula is C13H16N2OS. The first kappa shape index (κ1) is 11.1. The molecule has 1 fully saturated rings. The largest absolute Gasteiger partial charge is 0.368 e. The number of nitrogens with zero attached hydrogens (tertiary/aromatic N) is 1. The number of benzene rings is 1. The third-order valence-corrected chi connectivity index (χ3v) is 4.13. The molecular weight excluding hydrogens is 232 g/mol. The van der Waals surface area contributed by atoms with Gasteiger partial charge in [-0.3, -0.25) is 0 Å². The zero-order chi connectivity index (χ0) is 11.9. The van der Waals surface area contributed by atoms with Crippen molar-refractivity contribution in [2.24, 2.45) is 0 Å². The van der Waals surface area contributed by atoms with Gasteiger partial charge in [0.25, 0.3) is 0 Å². The molecule has 2 heterocycles. The number of nitrogens with one attached hydrogen (secondary N) is 1. The Morgan fingerprint density at radius 3 is 2.94 bits per heavy atom. The number of thiazole rings is 1. The molecule has 1 aromatic carbocycles. The maximum atomic E-state index is 5.89. The van der Waals surface area contributed by atoms with Crippen molar-refractivity contribution in [3.63, 3.8) is 0 Å². The van der Waals surface area contributed by atoms with E-state index in [1.807, 2.05) is 12.1 Å². The van der Waals surface area contributed by atoms with Crippen molar-refractivity contribution in [3.05, 3.63) is 29.3 Å². The number of para-hydroxylation sites is 1. The van der Waals surface area contributed by atoms with Crippen LogP contribution in [0.5, 0.6) is 0 Å². The number of fused-ring (bicyclic) bond motifs is 1. The van der Waals surface area contributed by atoms with E-state index in [2.05, 4.69) is 36.3 Å². The molecule has 3 rings (SSSR count). The first-order chi connectivity index (χ1) is 8.14. The van der Waals surface area contributed by atoms with E-state index in [1.165, 1.54) is 4.70 Å². The molecule has 1 aliphatic heterocycles. The molecule has 0 saturated carbocycles. The van der Waals surface area contributed by atoms with Crippen molar-refractivity contribution in [3.8, 4) is 0 Å². The fourth-order valence-corrected chi connectivity index (χ4v) is 2.99. The second kappa shape index (κ2) is 4.05. The monoisotopic (exact) mass is 248 g/mol. The molecule has 0 bridgehead atoms. The summed E-state index contributed by atoms with van der Waals surface area (Å²) < 4.78 is 7.13. The highest BCUT2D eigenvalue weighted by Crippen LogP contribution is 2.30. The smallest absolute Gasteiger partial charge is 0.124 e. The number of morpholine rings is 1. The van der Waals surface area contributed by atoms with Gasteiger partial charge in [-0.15, -0.1) is 11.3 Å². The van der Waals surface area contributed by atoms with Crippen LogP contribution in [0.25, 0.3) is 10.2 Å². The van der Waals surface area contributed by atoms with E-state index in [4.69, 9.17) is 4.74 Å². The Labute approximate surface area is 105 Å². The predicted octanol–water partition coefficient (Wildman–Crippen LogP) is 2.74. The molecule has 0 amide bonds. The van der Waals surface area contributed by atoms with E-state index >= 15 is 0 Å². The second-order valence-electron chi connectivity index (χ2n) is 5.08. The van der Waals surface area contributed by atoms with E-state index < -0.39 is 0 Å². The van der Waals surface area contributed by atoms with E-state index in [-0.39, 0.29) is 11.6 Å². The lowest BCUT2D eigenvalue weighted by atomic mass is 10.1. The van der Waals surface area contributed by atoms with Gasteiger partial charge >= 0.3 is 0 Å². The van der Waals surface area contributed by atoms with Crippen molar-refractivity contribution in [2.45, 2.75) is 25.5 Å². The van der Waals surface area contributed by atoms with Gasteiger partial charge in [0, 0.05) is 12.1 Å². The summed E-state index contributed by atoms with van der Waals surface area (Å²) in [6.07, 6.45) is 0.0976. The van der Waals surface area contributed by atoms with Gasteiger partial charge in [0.1, 0.15) is 11.1 Å². The fourth-order valence-electron chi connectivity index (χ4n) is 1.97. The van der Waals surface area contributed by atoms with Crippen LogP contribution in [0.2, 0.25) is 0 Å². The van der Waals surface area contributed by atoms with Gasteiger partial charge in [0.2, 0.25) is 0 Å². The average Bonchev–Trinajstić information content (AvgIpc) is 2.72. The lowest BCUT2D eigenvalue weighted by Gasteiger charge is -2.35. The number of rotatable bonds is 1. The molecule has 1 unspecified atom stereocenters. The zero-order valence-electron chi connectivity index (χ0n) is 10.1. The minimum Gasteiger partial charge on any atom is -0.368 e. The highest BCUT2D eigenvalue weighted by molar-refractivity contribution is 7.18. The van der Waals surface area contributed by atoms with Gasteiger partial charge in [-0.2, -0.15) is 0 Å². The van der Waals surface area contributed by atoms with Gasteiger partial charge in [0.15, 0.2) is 0 Å². The zero-order valence-corrected chi connectivity index (χ0v) is 10.9. The van der Waals surface area contributed by atoms with Gasteiger partial charge < -0.3 is 10.1 Å². The van der Waals surface area contributed by atoms with Crippen molar-refractivity contribution in [1.82, 2.24) is 10.3 Å². The summed E-state index contributed by atoms with van der Waals surface area (Å²) in [4.78, 5) is 4.64. The average molecular weight is 248 g/mol. The second-order valence-corrected chi connectivity index (χ2v) is 6.15. The van der Waals surface area contributed by atoms with Crippen LogP contribution in [-0.4, -0.2) is 23.7 Å². The summed E-state index contributed by atoms with van der Waals surface area (Å²) in [5.41, 5.74) is 1.15. The fraction of sp³-hybridized carbons (Fsp3) is 0.462. The minimum atomic E-state index is 0.0766. The number of hydrogen-bond donors (Lipinski definition) is 1. The molecule has 1 saturated heterocycles. The van der Waals surface area contributed by atoms with Crippen LogP contribution in [0, 0.1) is 0 Å². The predicted molar refractivity (Wildman–Crippen MR) is 70.4 cm³/mol. The van der Waals surface area contributed by atoms with E-state index in [0.717, 1.165) is 23.7 Å². The van der Waals surface area contributed by atoms with Gasteiger partial charge in [-0.25, -0.2) is 4.98 Å². The molecule has 1 N–H and O–H groups in total. The van der Waals surface area contributed by atoms with Crippen LogP contribution < -0.4 is 5.32 Å². The van der Waals surface area contributed by atoms with Crippen molar-refractivity contribution < 1.29 is 4.74 Å². The third-order valence-electron chi connectivity index (χ3n) is 3.00.